The van der Waals surface area contributed by atoms with Crippen LogP contribution in [0.1, 0.15) is 36.8 Å². The van der Waals surface area contributed by atoms with Gasteiger partial charge in [0.2, 0.25) is 0 Å². The van der Waals surface area contributed by atoms with E-state index < -0.39 is 0 Å². The standard InChI is InChI=1S/C17H23N3O/c1-20(17(21)19-16-10-4-5-11-16)13-15-8-3-2-7-14(15)9-6-12-18/h2-3,7-8,16H,4-5,10-13,18H2,1H3,(H,19,21). The molecule has 0 spiro atoms. The Kier molecular flexibility index (Phi) is 5.65. The smallest absolute Gasteiger partial charge is 0.317 e. The molecule has 0 saturated heterocycles. The van der Waals surface area contributed by atoms with E-state index >= 15 is 0 Å². The molecule has 112 valence electrons. The van der Waals surface area contributed by atoms with Gasteiger partial charge >= 0.3 is 6.03 Å². The molecule has 2 rings (SSSR count). The van der Waals surface area contributed by atoms with E-state index in [1.807, 2.05) is 31.3 Å². The first kappa shape index (κ1) is 15.4. The van der Waals surface area contributed by atoms with E-state index in [0.29, 0.717) is 19.1 Å². The molecule has 1 saturated carbocycles. The van der Waals surface area contributed by atoms with Crippen LogP contribution in [0.4, 0.5) is 4.79 Å². The maximum absolute atomic E-state index is 12.2. The number of urea groups is 1. The minimum Gasteiger partial charge on any atom is -0.335 e. The van der Waals surface area contributed by atoms with Crippen LogP contribution in [-0.2, 0) is 6.54 Å². The maximum atomic E-state index is 12.2. The molecule has 0 aromatic heterocycles. The van der Waals surface area contributed by atoms with Crippen molar-refractivity contribution in [3.63, 3.8) is 0 Å². The number of hydrogen-bond acceptors (Lipinski definition) is 2. The van der Waals surface area contributed by atoms with Crippen molar-refractivity contribution in [2.75, 3.05) is 13.6 Å². The van der Waals surface area contributed by atoms with Crippen LogP contribution in [0.2, 0.25) is 0 Å². The number of carbonyl (C=O) groups excluding carboxylic acids is 1. The molecule has 0 radical (unpaired) electrons. The molecule has 1 fully saturated rings. The summed E-state index contributed by atoms with van der Waals surface area (Å²) in [7, 11) is 1.82. The first-order valence-corrected chi connectivity index (χ1v) is 7.49. The van der Waals surface area contributed by atoms with Gasteiger partial charge in [-0.2, -0.15) is 0 Å². The van der Waals surface area contributed by atoms with Crippen molar-refractivity contribution in [2.24, 2.45) is 5.73 Å². The highest BCUT2D eigenvalue weighted by atomic mass is 16.2. The number of carbonyl (C=O) groups is 1. The van der Waals surface area contributed by atoms with Crippen LogP contribution in [0, 0.1) is 11.8 Å². The van der Waals surface area contributed by atoms with E-state index in [0.717, 1.165) is 24.0 Å². The molecule has 3 N–H and O–H groups in total. The summed E-state index contributed by atoms with van der Waals surface area (Å²) in [5.74, 6) is 5.92. The van der Waals surface area contributed by atoms with Crippen molar-refractivity contribution < 1.29 is 4.79 Å². The first-order valence-electron chi connectivity index (χ1n) is 7.49. The first-order chi connectivity index (χ1) is 10.2. The van der Waals surface area contributed by atoms with Crippen LogP contribution >= 0.6 is 0 Å². The zero-order valence-electron chi connectivity index (χ0n) is 12.6. The fourth-order valence-corrected chi connectivity index (χ4v) is 2.61. The molecule has 0 heterocycles. The Balaban J connectivity index is 1.98. The highest BCUT2D eigenvalue weighted by molar-refractivity contribution is 5.74. The van der Waals surface area contributed by atoms with E-state index in [9.17, 15) is 4.79 Å². The van der Waals surface area contributed by atoms with Crippen LogP contribution in [0.3, 0.4) is 0 Å². The van der Waals surface area contributed by atoms with Crippen molar-refractivity contribution in [1.29, 1.82) is 0 Å². The minimum atomic E-state index is -0.0107. The van der Waals surface area contributed by atoms with Gasteiger partial charge < -0.3 is 16.0 Å². The van der Waals surface area contributed by atoms with Gasteiger partial charge in [0, 0.05) is 25.2 Å². The average molecular weight is 285 g/mol. The molecule has 1 aliphatic carbocycles. The highest BCUT2D eigenvalue weighted by Crippen LogP contribution is 2.18. The van der Waals surface area contributed by atoms with Crippen molar-refractivity contribution >= 4 is 6.03 Å². The Morgan fingerprint density at radius 3 is 2.81 bits per heavy atom. The van der Waals surface area contributed by atoms with E-state index in [1.165, 1.54) is 12.8 Å². The van der Waals surface area contributed by atoms with Crippen molar-refractivity contribution in [3.8, 4) is 11.8 Å². The van der Waals surface area contributed by atoms with Crippen LogP contribution < -0.4 is 11.1 Å². The van der Waals surface area contributed by atoms with Gasteiger partial charge in [-0.05, 0) is 24.5 Å². The topological polar surface area (TPSA) is 58.4 Å². The van der Waals surface area contributed by atoms with Gasteiger partial charge in [0.05, 0.1) is 6.54 Å². The summed E-state index contributed by atoms with van der Waals surface area (Å²) in [6, 6.07) is 8.20. The molecule has 0 unspecified atom stereocenters. The molecule has 21 heavy (non-hydrogen) atoms. The average Bonchev–Trinajstić information content (AvgIpc) is 2.99. The molecular weight excluding hydrogens is 262 g/mol. The fourth-order valence-electron chi connectivity index (χ4n) is 2.61. The lowest BCUT2D eigenvalue weighted by molar-refractivity contribution is 0.202. The summed E-state index contributed by atoms with van der Waals surface area (Å²) in [5.41, 5.74) is 7.40. The SMILES string of the molecule is CN(Cc1ccccc1C#CCN)C(=O)NC1CCCC1. The van der Waals surface area contributed by atoms with Gasteiger partial charge in [-0.1, -0.05) is 42.9 Å². The zero-order valence-corrected chi connectivity index (χ0v) is 12.6. The predicted octanol–water partition coefficient (Wildman–Crippen LogP) is 2.08. The van der Waals surface area contributed by atoms with Gasteiger partial charge in [0.25, 0.3) is 0 Å². The van der Waals surface area contributed by atoms with Crippen LogP contribution in [0.5, 0.6) is 0 Å². The summed E-state index contributed by atoms with van der Waals surface area (Å²) < 4.78 is 0. The molecule has 1 aliphatic rings. The molecule has 2 amide bonds. The Morgan fingerprint density at radius 1 is 1.38 bits per heavy atom. The number of benzene rings is 1. The van der Waals surface area contributed by atoms with Gasteiger partial charge in [0.1, 0.15) is 0 Å². The second kappa shape index (κ2) is 7.70. The molecule has 1 aromatic carbocycles. The monoisotopic (exact) mass is 285 g/mol. The third-order valence-electron chi connectivity index (χ3n) is 3.78. The quantitative estimate of drug-likeness (QED) is 0.835. The normalized spacial score (nSPS) is 14.4. The van der Waals surface area contributed by atoms with Crippen molar-refractivity contribution in [2.45, 2.75) is 38.3 Å². The molecule has 4 heteroatoms. The minimum absolute atomic E-state index is 0.0107. The lowest BCUT2D eigenvalue weighted by Gasteiger charge is -2.21. The summed E-state index contributed by atoms with van der Waals surface area (Å²) in [6.07, 6.45) is 4.62. The highest BCUT2D eigenvalue weighted by Gasteiger charge is 2.19. The van der Waals surface area contributed by atoms with E-state index in [-0.39, 0.29) is 6.03 Å². The number of nitrogens with zero attached hydrogens (tertiary/aromatic N) is 1. The maximum Gasteiger partial charge on any atom is 0.317 e. The van der Waals surface area contributed by atoms with Gasteiger partial charge in [-0.25, -0.2) is 4.79 Å². The predicted molar refractivity (Wildman–Crippen MR) is 84.6 cm³/mol. The third-order valence-corrected chi connectivity index (χ3v) is 3.78. The number of nitrogens with two attached hydrogens (primary N) is 1. The molecule has 0 atom stereocenters. The van der Waals surface area contributed by atoms with Crippen LogP contribution in [-0.4, -0.2) is 30.6 Å². The van der Waals surface area contributed by atoms with Crippen LogP contribution in [0.25, 0.3) is 0 Å². The van der Waals surface area contributed by atoms with Gasteiger partial charge in [0.15, 0.2) is 0 Å². The lowest BCUT2D eigenvalue weighted by atomic mass is 10.1. The second-order valence-corrected chi connectivity index (χ2v) is 5.45. The van der Waals surface area contributed by atoms with Gasteiger partial charge in [-0.3, -0.25) is 0 Å². The Hall–Kier alpha value is -1.99. The summed E-state index contributed by atoms with van der Waals surface area (Å²) in [6.45, 7) is 0.889. The van der Waals surface area contributed by atoms with Crippen LogP contribution in [0.15, 0.2) is 24.3 Å². The summed E-state index contributed by atoms with van der Waals surface area (Å²) >= 11 is 0. The van der Waals surface area contributed by atoms with E-state index in [4.69, 9.17) is 5.73 Å². The Morgan fingerprint density at radius 2 is 2.10 bits per heavy atom. The number of nitrogens with one attached hydrogen (secondary N) is 1. The fraction of sp³-hybridized carbons (Fsp3) is 0.471. The molecule has 4 nitrogen and oxygen atoms in total. The third kappa shape index (κ3) is 4.51. The zero-order chi connectivity index (χ0) is 15.1. The number of rotatable bonds is 3. The molecule has 0 bridgehead atoms. The van der Waals surface area contributed by atoms with Crippen molar-refractivity contribution in [1.82, 2.24) is 10.2 Å². The van der Waals surface area contributed by atoms with Gasteiger partial charge in [-0.15, -0.1) is 0 Å². The van der Waals surface area contributed by atoms with E-state index in [2.05, 4.69) is 17.2 Å². The summed E-state index contributed by atoms with van der Waals surface area (Å²) in [5, 5.41) is 3.09. The van der Waals surface area contributed by atoms with Crippen molar-refractivity contribution in [3.05, 3.63) is 35.4 Å². The molecule has 0 aliphatic heterocycles. The number of amides is 2. The molecular formula is C17H23N3O. The number of hydrogen-bond donors (Lipinski definition) is 2. The second-order valence-electron chi connectivity index (χ2n) is 5.45. The Bertz CT molecular complexity index is 538. The lowest BCUT2D eigenvalue weighted by Crippen LogP contribution is -2.41. The Labute approximate surface area is 126 Å². The molecule has 1 aromatic rings. The largest absolute Gasteiger partial charge is 0.335 e. The summed E-state index contributed by atoms with van der Waals surface area (Å²) in [4.78, 5) is 13.9. The van der Waals surface area contributed by atoms with E-state index in [1.54, 1.807) is 4.90 Å².